The maximum Gasteiger partial charge on any atom is 0.311 e. The number of carbonyl (C=O) groups is 1. The summed E-state index contributed by atoms with van der Waals surface area (Å²) in [5.74, 6) is -1.42. The highest BCUT2D eigenvalue weighted by Crippen LogP contribution is 2.30. The van der Waals surface area contributed by atoms with Crippen LogP contribution < -0.4 is 0 Å². The van der Waals surface area contributed by atoms with Crippen LogP contribution >= 0.6 is 0 Å². The molecule has 170 valence electrons. The van der Waals surface area contributed by atoms with E-state index in [1.54, 1.807) is 50.2 Å². The van der Waals surface area contributed by atoms with Crippen molar-refractivity contribution in [3.63, 3.8) is 0 Å². The van der Waals surface area contributed by atoms with Gasteiger partial charge in [0.1, 0.15) is 6.10 Å². The van der Waals surface area contributed by atoms with Gasteiger partial charge in [-0.05, 0) is 44.4 Å². The number of hydrogen-bond donors (Lipinski definition) is 1. The number of hydrogen-bond acceptors (Lipinski definition) is 5. The second-order valence-corrected chi connectivity index (χ2v) is 10.4. The van der Waals surface area contributed by atoms with E-state index in [4.69, 9.17) is 4.74 Å². The maximum atomic E-state index is 13.2. The van der Waals surface area contributed by atoms with Crippen LogP contribution in [0, 0.1) is 18.8 Å². The minimum Gasteiger partial charge on any atom is -0.455 e. The predicted octanol–water partition coefficient (Wildman–Crippen LogP) is 3.94. The lowest BCUT2D eigenvalue weighted by atomic mass is 9.95. The van der Waals surface area contributed by atoms with Crippen molar-refractivity contribution in [1.82, 2.24) is 4.31 Å². The van der Waals surface area contributed by atoms with Gasteiger partial charge in [0, 0.05) is 7.05 Å². The quantitative estimate of drug-likeness (QED) is 0.589. The number of carbonyl (C=O) groups excluding carboxylic acids is 1. The van der Waals surface area contributed by atoms with Gasteiger partial charge < -0.3 is 9.84 Å². The molecule has 0 saturated carbocycles. The first-order valence-electron chi connectivity index (χ1n) is 10.4. The third kappa shape index (κ3) is 5.93. The molecule has 2 aromatic rings. The molecule has 0 radical (unpaired) electrons. The van der Waals surface area contributed by atoms with Crippen LogP contribution in [0.5, 0.6) is 0 Å². The molecule has 0 unspecified atom stereocenters. The second kappa shape index (κ2) is 10.4. The van der Waals surface area contributed by atoms with Crippen molar-refractivity contribution in [1.29, 1.82) is 0 Å². The lowest BCUT2D eigenvalue weighted by molar-refractivity contribution is -0.161. The molecule has 4 atom stereocenters. The fraction of sp³-hybridized carbons (Fsp3) is 0.458. The summed E-state index contributed by atoms with van der Waals surface area (Å²) in [5, 5.41) is 10.3. The molecule has 0 bridgehead atoms. The fourth-order valence-corrected chi connectivity index (χ4v) is 4.68. The Hall–Kier alpha value is -2.22. The molecule has 0 amide bonds. The highest BCUT2D eigenvalue weighted by atomic mass is 32.2. The number of esters is 1. The van der Waals surface area contributed by atoms with E-state index in [1.165, 1.54) is 11.4 Å². The zero-order valence-corrected chi connectivity index (χ0v) is 19.8. The average Bonchev–Trinajstić information content (AvgIpc) is 2.75. The summed E-state index contributed by atoms with van der Waals surface area (Å²) in [5.41, 5.74) is 1.64. The van der Waals surface area contributed by atoms with Gasteiger partial charge in [0.2, 0.25) is 10.0 Å². The Morgan fingerprint density at radius 3 is 2.03 bits per heavy atom. The van der Waals surface area contributed by atoms with E-state index in [9.17, 15) is 18.3 Å². The molecule has 7 heteroatoms. The Morgan fingerprint density at radius 2 is 1.52 bits per heavy atom. The van der Waals surface area contributed by atoms with Gasteiger partial charge in [0.25, 0.3) is 0 Å². The van der Waals surface area contributed by atoms with E-state index in [0.29, 0.717) is 5.56 Å². The van der Waals surface area contributed by atoms with Gasteiger partial charge in [0.15, 0.2) is 0 Å². The third-order valence-corrected chi connectivity index (χ3v) is 7.61. The summed E-state index contributed by atoms with van der Waals surface area (Å²) < 4.78 is 33.4. The zero-order valence-electron chi connectivity index (χ0n) is 19.0. The van der Waals surface area contributed by atoms with Gasteiger partial charge in [0.05, 0.1) is 23.0 Å². The lowest BCUT2D eigenvalue weighted by Crippen LogP contribution is -2.41. The Balaban J connectivity index is 2.35. The number of aliphatic hydroxyl groups excluding tert-OH is 1. The number of likely N-dealkylation sites (N-methyl/N-ethyl adjacent to an activating group) is 1. The third-order valence-electron chi connectivity index (χ3n) is 5.65. The minimum atomic E-state index is -3.80. The average molecular weight is 448 g/mol. The van der Waals surface area contributed by atoms with Gasteiger partial charge in [-0.3, -0.25) is 4.79 Å². The molecule has 6 nitrogen and oxygen atoms in total. The van der Waals surface area contributed by atoms with E-state index in [0.717, 1.165) is 5.56 Å². The summed E-state index contributed by atoms with van der Waals surface area (Å²) in [4.78, 5) is 13.0. The topological polar surface area (TPSA) is 83.9 Å². The van der Waals surface area contributed by atoms with Crippen molar-refractivity contribution >= 4 is 16.0 Å². The monoisotopic (exact) mass is 447 g/mol. The Bertz CT molecular complexity index is 957. The maximum absolute atomic E-state index is 13.2. The standard InChI is InChI=1S/C24H33NO5S/c1-16(2)22(26)18(4)24(27)30-23(20-10-8-7-9-11-20)19(5)25(6)31(28,29)21-14-12-17(3)13-15-21/h7-16,18-19,22-23,26H,1-6H3/t18-,19+,22+,23+/m1/s1. The van der Waals surface area contributed by atoms with Crippen molar-refractivity contribution in [2.75, 3.05) is 7.05 Å². The van der Waals surface area contributed by atoms with E-state index < -0.39 is 40.2 Å². The number of aryl methyl sites for hydroxylation is 1. The number of rotatable bonds is 9. The number of aliphatic hydroxyl groups is 1. The summed E-state index contributed by atoms with van der Waals surface area (Å²) in [6.45, 7) is 8.87. The molecule has 2 aromatic carbocycles. The molecule has 0 aliphatic rings. The SMILES string of the molecule is Cc1ccc(S(=O)(=O)N(C)[C@@H](C)[C@H](OC(=O)[C@H](C)[C@@H](O)C(C)C)c2ccccc2)cc1. The second-order valence-electron chi connectivity index (χ2n) is 8.37. The predicted molar refractivity (Wildman–Crippen MR) is 121 cm³/mol. The Morgan fingerprint density at radius 1 is 0.968 bits per heavy atom. The number of ether oxygens (including phenoxy) is 1. The molecule has 2 rings (SSSR count). The number of sulfonamides is 1. The Labute approximate surface area is 185 Å². The molecule has 0 spiro atoms. The first-order valence-corrected chi connectivity index (χ1v) is 11.9. The van der Waals surface area contributed by atoms with Crippen LogP contribution in [0.1, 0.15) is 44.9 Å². The lowest BCUT2D eigenvalue weighted by Gasteiger charge is -2.32. The first kappa shape index (κ1) is 25.0. The van der Waals surface area contributed by atoms with Crippen molar-refractivity contribution < 1.29 is 23.1 Å². The molecule has 0 fully saturated rings. The highest BCUT2D eigenvalue weighted by Gasteiger charge is 2.36. The molecule has 1 N–H and O–H groups in total. The largest absolute Gasteiger partial charge is 0.455 e. The van der Waals surface area contributed by atoms with Crippen molar-refractivity contribution in [2.45, 2.75) is 57.8 Å². The van der Waals surface area contributed by atoms with E-state index >= 15 is 0 Å². The van der Waals surface area contributed by atoms with Gasteiger partial charge in [-0.2, -0.15) is 4.31 Å². The fourth-order valence-electron chi connectivity index (χ4n) is 3.32. The highest BCUT2D eigenvalue weighted by molar-refractivity contribution is 7.89. The molecule has 0 saturated heterocycles. The van der Waals surface area contributed by atoms with Crippen molar-refractivity contribution in [2.24, 2.45) is 11.8 Å². The minimum absolute atomic E-state index is 0.111. The first-order chi connectivity index (χ1) is 14.5. The molecule has 0 aliphatic heterocycles. The van der Waals surface area contributed by atoms with Crippen LogP contribution in [0.2, 0.25) is 0 Å². The molecular formula is C24H33NO5S. The van der Waals surface area contributed by atoms with Crippen LogP contribution in [0.15, 0.2) is 59.5 Å². The summed E-state index contributed by atoms with van der Waals surface area (Å²) >= 11 is 0. The zero-order chi connectivity index (χ0) is 23.3. The van der Waals surface area contributed by atoms with Crippen LogP contribution in [-0.4, -0.2) is 43.0 Å². The molecule has 0 aliphatic carbocycles. The molecule has 0 aromatic heterocycles. The van der Waals surface area contributed by atoms with Crippen molar-refractivity contribution in [3.05, 3.63) is 65.7 Å². The number of benzene rings is 2. The molecule has 0 heterocycles. The van der Waals surface area contributed by atoms with Gasteiger partial charge in [-0.25, -0.2) is 8.42 Å². The van der Waals surface area contributed by atoms with Crippen LogP contribution in [0.3, 0.4) is 0 Å². The molecule has 31 heavy (non-hydrogen) atoms. The molecular weight excluding hydrogens is 414 g/mol. The van der Waals surface area contributed by atoms with E-state index in [1.807, 2.05) is 39.0 Å². The smallest absolute Gasteiger partial charge is 0.311 e. The van der Waals surface area contributed by atoms with Crippen LogP contribution in [0.25, 0.3) is 0 Å². The van der Waals surface area contributed by atoms with E-state index in [2.05, 4.69) is 0 Å². The van der Waals surface area contributed by atoms with Gasteiger partial charge >= 0.3 is 5.97 Å². The van der Waals surface area contributed by atoms with Gasteiger partial charge in [-0.15, -0.1) is 0 Å². The van der Waals surface area contributed by atoms with Crippen LogP contribution in [-0.2, 0) is 19.6 Å². The Kier molecular flexibility index (Phi) is 8.40. The van der Waals surface area contributed by atoms with Crippen molar-refractivity contribution in [3.8, 4) is 0 Å². The summed E-state index contributed by atoms with van der Waals surface area (Å²) in [6.07, 6.45) is -1.69. The van der Waals surface area contributed by atoms with E-state index in [-0.39, 0.29) is 10.8 Å². The summed E-state index contributed by atoms with van der Waals surface area (Å²) in [6, 6.07) is 15.0. The normalized spacial score (nSPS) is 16.0. The van der Waals surface area contributed by atoms with Crippen LogP contribution in [0.4, 0.5) is 0 Å². The van der Waals surface area contributed by atoms with Gasteiger partial charge in [-0.1, -0.05) is 61.9 Å². The summed E-state index contributed by atoms with van der Waals surface area (Å²) in [7, 11) is -2.32. The number of nitrogens with zero attached hydrogens (tertiary/aromatic N) is 1.